The van der Waals surface area contributed by atoms with Crippen LogP contribution in [-0.2, 0) is 4.79 Å². The average Bonchev–Trinajstić information content (AvgIpc) is 2.24. The molecule has 4 aliphatic carbocycles. The van der Waals surface area contributed by atoms with Gasteiger partial charge in [-0.3, -0.25) is 4.79 Å². The zero-order valence-corrected chi connectivity index (χ0v) is 13.2. The molecule has 0 aromatic heterocycles. The van der Waals surface area contributed by atoms with Crippen LogP contribution in [0.15, 0.2) is 0 Å². The predicted molar refractivity (Wildman–Crippen MR) is 81.0 cm³/mol. The zero-order valence-electron chi connectivity index (χ0n) is 13.2. The first kappa shape index (κ1) is 14.4. The fourth-order valence-electron chi connectivity index (χ4n) is 6.08. The molecule has 1 amide bonds. The molecule has 4 saturated carbocycles. The maximum atomic E-state index is 12.0. The molecule has 0 heterocycles. The monoisotopic (exact) mass is 278 g/mol. The molecule has 0 radical (unpaired) electrons. The molecule has 0 spiro atoms. The predicted octanol–water partition coefficient (Wildman–Crippen LogP) is 2.69. The molecule has 3 N–H and O–H groups in total. The first-order valence-corrected chi connectivity index (χ1v) is 8.34. The summed E-state index contributed by atoms with van der Waals surface area (Å²) in [6, 6.07) is 0. The number of rotatable bonds is 3. The van der Waals surface area contributed by atoms with Crippen molar-refractivity contribution < 1.29 is 4.79 Å². The fourth-order valence-corrected chi connectivity index (χ4v) is 6.08. The summed E-state index contributed by atoms with van der Waals surface area (Å²) in [5, 5.41) is 3.38. The van der Waals surface area contributed by atoms with E-state index in [0.717, 1.165) is 23.7 Å². The molecule has 4 aliphatic rings. The number of carbonyl (C=O) groups excluding carboxylic acids is 1. The van der Waals surface area contributed by atoms with Gasteiger partial charge in [-0.15, -0.1) is 0 Å². The first-order chi connectivity index (χ1) is 9.33. The number of hydrogen-bond acceptors (Lipinski definition) is 2. The highest BCUT2D eigenvalue weighted by molar-refractivity contribution is 5.77. The lowest BCUT2D eigenvalue weighted by Crippen LogP contribution is -2.63. The topological polar surface area (TPSA) is 55.1 Å². The average molecular weight is 278 g/mol. The molecule has 3 nitrogen and oxygen atoms in total. The van der Waals surface area contributed by atoms with Gasteiger partial charge in [-0.1, -0.05) is 20.8 Å². The summed E-state index contributed by atoms with van der Waals surface area (Å²) in [5.41, 5.74) is 6.04. The second-order valence-corrected chi connectivity index (χ2v) is 8.73. The van der Waals surface area contributed by atoms with Gasteiger partial charge in [0.15, 0.2) is 0 Å². The van der Waals surface area contributed by atoms with E-state index in [9.17, 15) is 4.79 Å². The summed E-state index contributed by atoms with van der Waals surface area (Å²) in [6.45, 7) is 7.67. The lowest BCUT2D eigenvalue weighted by atomic mass is 9.45. The molecule has 4 fully saturated rings. The first-order valence-electron chi connectivity index (χ1n) is 8.34. The lowest BCUT2D eigenvalue weighted by Gasteiger charge is -2.63. The minimum absolute atomic E-state index is 0.116. The standard InChI is InChI=1S/C17H30N2O/c1-16(2,3)15-12-6-11-7-13(15)10-17(8-11,9-12)19-14(20)4-5-18/h11-13,15H,4-10,18H2,1-3H3,(H,19,20). The van der Waals surface area contributed by atoms with E-state index >= 15 is 0 Å². The van der Waals surface area contributed by atoms with Crippen LogP contribution in [0, 0.1) is 29.1 Å². The van der Waals surface area contributed by atoms with Crippen molar-refractivity contribution in [3.8, 4) is 0 Å². The summed E-state index contributed by atoms with van der Waals surface area (Å²) in [7, 11) is 0. The van der Waals surface area contributed by atoms with Gasteiger partial charge in [-0.25, -0.2) is 0 Å². The number of hydrogen-bond donors (Lipinski definition) is 2. The molecular weight excluding hydrogens is 248 g/mol. The van der Waals surface area contributed by atoms with Gasteiger partial charge in [0, 0.05) is 18.5 Å². The number of nitrogens with two attached hydrogens (primary N) is 1. The molecule has 0 aliphatic heterocycles. The maximum Gasteiger partial charge on any atom is 0.221 e. The van der Waals surface area contributed by atoms with E-state index < -0.39 is 0 Å². The Morgan fingerprint density at radius 2 is 1.80 bits per heavy atom. The summed E-state index contributed by atoms with van der Waals surface area (Å²) >= 11 is 0. The lowest BCUT2D eigenvalue weighted by molar-refractivity contribution is -0.134. The third kappa shape index (κ3) is 2.38. The van der Waals surface area contributed by atoms with Crippen molar-refractivity contribution in [3.05, 3.63) is 0 Å². The van der Waals surface area contributed by atoms with Gasteiger partial charge < -0.3 is 11.1 Å². The van der Waals surface area contributed by atoms with E-state index in [4.69, 9.17) is 5.73 Å². The Hall–Kier alpha value is -0.570. The van der Waals surface area contributed by atoms with Crippen LogP contribution in [0.3, 0.4) is 0 Å². The summed E-state index contributed by atoms with van der Waals surface area (Å²) in [4.78, 5) is 12.0. The molecule has 0 aromatic rings. The Bertz CT molecular complexity index is 382. The third-order valence-electron chi connectivity index (χ3n) is 6.05. The highest BCUT2D eigenvalue weighted by Crippen LogP contribution is 2.62. The van der Waals surface area contributed by atoms with Crippen LogP contribution in [0.1, 0.15) is 59.3 Å². The van der Waals surface area contributed by atoms with Gasteiger partial charge >= 0.3 is 0 Å². The van der Waals surface area contributed by atoms with Crippen molar-refractivity contribution in [2.75, 3.05) is 6.54 Å². The van der Waals surface area contributed by atoms with Gasteiger partial charge in [-0.05, 0) is 61.2 Å². The molecule has 4 rings (SSSR count). The van der Waals surface area contributed by atoms with Crippen molar-refractivity contribution in [2.24, 2.45) is 34.8 Å². The Morgan fingerprint density at radius 3 is 2.30 bits per heavy atom. The number of nitrogens with one attached hydrogen (secondary N) is 1. The molecule has 2 atom stereocenters. The van der Waals surface area contributed by atoms with Gasteiger partial charge in [0.1, 0.15) is 0 Å². The SMILES string of the molecule is CC(C)(C)C1C2CC3CC1CC(NC(=O)CCN)(C3)C2. The van der Waals surface area contributed by atoms with E-state index in [1.165, 1.54) is 32.1 Å². The highest BCUT2D eigenvalue weighted by Gasteiger charge is 2.57. The Labute approximate surface area is 123 Å². The van der Waals surface area contributed by atoms with E-state index in [1.807, 2.05) is 0 Å². The van der Waals surface area contributed by atoms with E-state index in [0.29, 0.717) is 18.4 Å². The van der Waals surface area contributed by atoms with Crippen LogP contribution in [0.4, 0.5) is 0 Å². The second kappa shape index (κ2) is 4.72. The van der Waals surface area contributed by atoms with Gasteiger partial charge in [0.25, 0.3) is 0 Å². The van der Waals surface area contributed by atoms with Crippen LogP contribution in [0.2, 0.25) is 0 Å². The van der Waals surface area contributed by atoms with Crippen molar-refractivity contribution in [2.45, 2.75) is 64.8 Å². The normalized spacial score (nSPS) is 42.8. The van der Waals surface area contributed by atoms with Crippen molar-refractivity contribution in [1.29, 1.82) is 0 Å². The van der Waals surface area contributed by atoms with Crippen LogP contribution >= 0.6 is 0 Å². The zero-order chi connectivity index (χ0) is 14.5. The van der Waals surface area contributed by atoms with Crippen LogP contribution in [-0.4, -0.2) is 18.0 Å². The van der Waals surface area contributed by atoms with Gasteiger partial charge in [-0.2, -0.15) is 0 Å². The smallest absolute Gasteiger partial charge is 0.221 e. The maximum absolute atomic E-state index is 12.0. The van der Waals surface area contributed by atoms with Crippen molar-refractivity contribution >= 4 is 5.91 Å². The summed E-state index contributed by atoms with van der Waals surface area (Å²) in [6.07, 6.45) is 6.90. The quantitative estimate of drug-likeness (QED) is 0.834. The van der Waals surface area contributed by atoms with E-state index in [-0.39, 0.29) is 11.4 Å². The van der Waals surface area contributed by atoms with Gasteiger partial charge in [0.05, 0.1) is 0 Å². The molecule has 3 heteroatoms. The van der Waals surface area contributed by atoms with Crippen molar-refractivity contribution in [1.82, 2.24) is 5.32 Å². The van der Waals surface area contributed by atoms with E-state index in [1.54, 1.807) is 0 Å². The molecule has 0 aromatic carbocycles. The van der Waals surface area contributed by atoms with Crippen LogP contribution < -0.4 is 11.1 Å². The van der Waals surface area contributed by atoms with Crippen LogP contribution in [0.25, 0.3) is 0 Å². The minimum atomic E-state index is 0.116. The van der Waals surface area contributed by atoms with Gasteiger partial charge in [0.2, 0.25) is 5.91 Å². The van der Waals surface area contributed by atoms with E-state index in [2.05, 4.69) is 26.1 Å². The fraction of sp³-hybridized carbons (Fsp3) is 0.941. The molecule has 4 bridgehead atoms. The molecule has 20 heavy (non-hydrogen) atoms. The number of amides is 1. The Kier molecular flexibility index (Phi) is 3.39. The summed E-state index contributed by atoms with van der Waals surface area (Å²) < 4.78 is 0. The Balaban J connectivity index is 1.77. The summed E-state index contributed by atoms with van der Waals surface area (Å²) in [5.74, 6) is 3.50. The molecule has 2 unspecified atom stereocenters. The van der Waals surface area contributed by atoms with Crippen LogP contribution in [0.5, 0.6) is 0 Å². The third-order valence-corrected chi connectivity index (χ3v) is 6.05. The number of carbonyl (C=O) groups is 1. The van der Waals surface area contributed by atoms with Crippen molar-refractivity contribution in [3.63, 3.8) is 0 Å². The highest BCUT2D eigenvalue weighted by atomic mass is 16.1. The Morgan fingerprint density at radius 1 is 1.20 bits per heavy atom. The molecular formula is C17H30N2O. The second-order valence-electron chi connectivity index (χ2n) is 8.73. The molecule has 0 saturated heterocycles. The largest absolute Gasteiger partial charge is 0.351 e. The minimum Gasteiger partial charge on any atom is -0.351 e. The molecule has 114 valence electrons.